The van der Waals surface area contributed by atoms with Crippen LogP contribution in [0, 0.1) is 0 Å². The van der Waals surface area contributed by atoms with Crippen LogP contribution >= 0.6 is 11.3 Å². The second-order valence-electron chi connectivity index (χ2n) is 5.49. The first-order chi connectivity index (χ1) is 12.2. The predicted molar refractivity (Wildman–Crippen MR) is 103 cm³/mol. The molecule has 0 fully saturated rings. The minimum absolute atomic E-state index is 0.371. The number of aryl methyl sites for hydroxylation is 1. The summed E-state index contributed by atoms with van der Waals surface area (Å²) in [5, 5.41) is 5.61. The van der Waals surface area contributed by atoms with Gasteiger partial charge >= 0.3 is 0 Å². The van der Waals surface area contributed by atoms with E-state index in [0.29, 0.717) is 29.9 Å². The highest BCUT2D eigenvalue weighted by molar-refractivity contribution is 7.14. The van der Waals surface area contributed by atoms with Crippen LogP contribution in [0.15, 0.2) is 57.3 Å². The van der Waals surface area contributed by atoms with E-state index in [0.717, 1.165) is 24.3 Å². The summed E-state index contributed by atoms with van der Waals surface area (Å²) in [5.74, 6) is 1.80. The Labute approximate surface area is 150 Å². The average molecular weight is 355 g/mol. The Morgan fingerprint density at radius 1 is 1.20 bits per heavy atom. The molecule has 2 heterocycles. The highest BCUT2D eigenvalue weighted by Gasteiger charge is 2.09. The van der Waals surface area contributed by atoms with Crippen LogP contribution in [-0.2, 0) is 13.0 Å². The first kappa shape index (κ1) is 17.2. The predicted octanol–water partition coefficient (Wildman–Crippen LogP) is 3.22. The summed E-state index contributed by atoms with van der Waals surface area (Å²) in [7, 11) is 0. The van der Waals surface area contributed by atoms with E-state index in [1.807, 2.05) is 35.7 Å². The first-order valence-electron chi connectivity index (χ1n) is 8.10. The Morgan fingerprint density at radius 3 is 2.80 bits per heavy atom. The van der Waals surface area contributed by atoms with Crippen molar-refractivity contribution in [3.63, 3.8) is 0 Å². The number of nitrogens with zero attached hydrogens (tertiary/aromatic N) is 2. The molecule has 130 valence electrons. The number of furan rings is 1. The molecule has 0 atom stereocenters. The Bertz CT molecular complexity index is 825. The quantitative estimate of drug-likeness (QED) is 0.343. The van der Waals surface area contributed by atoms with Crippen LogP contribution in [0.4, 0.5) is 5.13 Å². The number of benzene rings is 1. The van der Waals surface area contributed by atoms with Gasteiger partial charge in [0.15, 0.2) is 16.9 Å². The fourth-order valence-electron chi connectivity index (χ4n) is 2.35. The van der Waals surface area contributed by atoms with E-state index in [9.17, 15) is 0 Å². The van der Waals surface area contributed by atoms with Gasteiger partial charge in [0.2, 0.25) is 0 Å². The van der Waals surface area contributed by atoms with Crippen LogP contribution in [0.1, 0.15) is 17.7 Å². The topological polar surface area (TPSA) is 102 Å². The van der Waals surface area contributed by atoms with Crippen LogP contribution in [0.5, 0.6) is 0 Å². The van der Waals surface area contributed by atoms with E-state index in [1.54, 1.807) is 0 Å². The van der Waals surface area contributed by atoms with Gasteiger partial charge in [-0.3, -0.25) is 4.99 Å². The molecule has 2 aromatic heterocycles. The van der Waals surface area contributed by atoms with Crippen molar-refractivity contribution < 1.29 is 4.42 Å². The molecule has 0 saturated heterocycles. The monoisotopic (exact) mass is 355 g/mol. The lowest BCUT2D eigenvalue weighted by Gasteiger charge is -2.02. The van der Waals surface area contributed by atoms with Crippen molar-refractivity contribution in [1.29, 1.82) is 0 Å². The van der Waals surface area contributed by atoms with Crippen molar-refractivity contribution in [3.05, 3.63) is 59.2 Å². The average Bonchev–Trinajstić information content (AvgIpc) is 3.28. The van der Waals surface area contributed by atoms with Crippen molar-refractivity contribution >= 4 is 22.4 Å². The molecule has 0 aliphatic carbocycles. The van der Waals surface area contributed by atoms with Gasteiger partial charge in [0, 0.05) is 11.9 Å². The molecule has 6 nitrogen and oxygen atoms in total. The number of thiazole rings is 1. The smallest absolute Gasteiger partial charge is 0.194 e. The number of aromatic nitrogens is 1. The molecule has 0 radical (unpaired) electrons. The molecule has 7 heteroatoms. The second-order valence-corrected chi connectivity index (χ2v) is 6.35. The number of rotatable bonds is 7. The van der Waals surface area contributed by atoms with E-state index >= 15 is 0 Å². The number of aliphatic imine (C=N–C) groups is 1. The number of guanidine groups is 1. The minimum atomic E-state index is 0.371. The third-order valence-corrected chi connectivity index (χ3v) is 4.36. The van der Waals surface area contributed by atoms with Gasteiger partial charge in [-0.15, -0.1) is 11.3 Å². The van der Waals surface area contributed by atoms with Gasteiger partial charge in [-0.25, -0.2) is 4.98 Å². The number of nitrogens with one attached hydrogen (secondary N) is 1. The molecular weight excluding hydrogens is 334 g/mol. The molecule has 0 saturated carbocycles. The zero-order chi connectivity index (χ0) is 17.5. The molecule has 1 aromatic carbocycles. The molecular formula is C18H21N5OS. The lowest BCUT2D eigenvalue weighted by Crippen LogP contribution is -2.22. The van der Waals surface area contributed by atoms with Crippen molar-refractivity contribution in [3.8, 4) is 11.5 Å². The van der Waals surface area contributed by atoms with E-state index in [4.69, 9.17) is 15.9 Å². The van der Waals surface area contributed by atoms with Gasteiger partial charge in [0.25, 0.3) is 0 Å². The third kappa shape index (κ3) is 4.91. The van der Waals surface area contributed by atoms with Gasteiger partial charge in [-0.2, -0.15) is 0 Å². The number of nitrogens with two attached hydrogens (primary N) is 2. The molecule has 0 spiro atoms. The SMILES string of the molecule is NCc1ccc(-c2csc(NC(N)=NCCCc3ccccc3)n2)o1. The number of hydrogen-bond donors (Lipinski definition) is 3. The first-order valence-corrected chi connectivity index (χ1v) is 8.98. The molecule has 0 bridgehead atoms. The van der Waals surface area contributed by atoms with Crippen molar-refractivity contribution in [1.82, 2.24) is 4.98 Å². The molecule has 3 rings (SSSR count). The minimum Gasteiger partial charge on any atom is -0.458 e. The molecule has 0 unspecified atom stereocenters. The fourth-order valence-corrected chi connectivity index (χ4v) is 3.05. The highest BCUT2D eigenvalue weighted by atomic mass is 32.1. The summed E-state index contributed by atoms with van der Waals surface area (Å²) in [6, 6.07) is 14.1. The van der Waals surface area contributed by atoms with E-state index < -0.39 is 0 Å². The number of anilines is 1. The largest absolute Gasteiger partial charge is 0.458 e. The van der Waals surface area contributed by atoms with Gasteiger partial charge < -0.3 is 21.2 Å². The van der Waals surface area contributed by atoms with Crippen LogP contribution < -0.4 is 16.8 Å². The van der Waals surface area contributed by atoms with Crippen molar-refractivity contribution in [2.24, 2.45) is 16.5 Å². The van der Waals surface area contributed by atoms with E-state index in [2.05, 4.69) is 27.4 Å². The molecule has 0 amide bonds. The Morgan fingerprint density at radius 2 is 2.04 bits per heavy atom. The second kappa shape index (κ2) is 8.46. The summed E-state index contributed by atoms with van der Waals surface area (Å²) >= 11 is 1.45. The lowest BCUT2D eigenvalue weighted by atomic mass is 10.1. The zero-order valence-corrected chi connectivity index (χ0v) is 14.6. The van der Waals surface area contributed by atoms with E-state index in [1.165, 1.54) is 16.9 Å². The molecule has 5 N–H and O–H groups in total. The normalized spacial score (nSPS) is 11.6. The van der Waals surface area contributed by atoms with Gasteiger partial charge in [-0.1, -0.05) is 30.3 Å². The summed E-state index contributed by atoms with van der Waals surface area (Å²) in [5.41, 5.74) is 13.5. The van der Waals surface area contributed by atoms with Crippen LogP contribution in [0.2, 0.25) is 0 Å². The van der Waals surface area contributed by atoms with Gasteiger partial charge in [-0.05, 0) is 30.5 Å². The van der Waals surface area contributed by atoms with Crippen LogP contribution in [0.25, 0.3) is 11.5 Å². The molecule has 3 aromatic rings. The highest BCUT2D eigenvalue weighted by Crippen LogP contribution is 2.26. The van der Waals surface area contributed by atoms with Crippen molar-refractivity contribution in [2.75, 3.05) is 11.9 Å². The Balaban J connectivity index is 1.50. The lowest BCUT2D eigenvalue weighted by molar-refractivity contribution is 0.524. The Kier molecular flexibility index (Phi) is 5.81. The maximum atomic E-state index is 5.92. The van der Waals surface area contributed by atoms with Crippen LogP contribution in [-0.4, -0.2) is 17.5 Å². The summed E-state index contributed by atoms with van der Waals surface area (Å²) in [6.45, 7) is 1.04. The fraction of sp³-hybridized carbons (Fsp3) is 0.222. The molecule has 0 aliphatic rings. The van der Waals surface area contributed by atoms with E-state index in [-0.39, 0.29) is 0 Å². The van der Waals surface area contributed by atoms with Gasteiger partial charge in [0.1, 0.15) is 11.5 Å². The maximum Gasteiger partial charge on any atom is 0.194 e. The van der Waals surface area contributed by atoms with Crippen LogP contribution in [0.3, 0.4) is 0 Å². The number of hydrogen-bond acceptors (Lipinski definition) is 5. The van der Waals surface area contributed by atoms with Gasteiger partial charge in [0.05, 0.1) is 6.54 Å². The zero-order valence-electron chi connectivity index (χ0n) is 13.8. The summed E-state index contributed by atoms with van der Waals surface area (Å²) < 4.78 is 5.59. The molecule has 0 aliphatic heterocycles. The standard InChI is InChI=1S/C18H21N5OS/c19-11-14-8-9-16(24-14)15-12-25-18(22-15)23-17(20)21-10-4-7-13-5-2-1-3-6-13/h1-3,5-6,8-9,12H,4,7,10-11,19H2,(H3,20,21,22,23). The van der Waals surface area contributed by atoms with Crippen molar-refractivity contribution in [2.45, 2.75) is 19.4 Å². The Hall–Kier alpha value is -2.64. The molecule has 25 heavy (non-hydrogen) atoms. The summed E-state index contributed by atoms with van der Waals surface area (Å²) in [4.78, 5) is 8.80. The maximum absolute atomic E-state index is 5.92. The third-order valence-electron chi connectivity index (χ3n) is 3.60. The summed E-state index contributed by atoms with van der Waals surface area (Å²) in [6.07, 6.45) is 1.94.